The Hall–Kier alpha value is -0.120. The van der Waals surface area contributed by atoms with Crippen molar-refractivity contribution in [2.75, 3.05) is 40.4 Å². The first-order valence-corrected chi connectivity index (χ1v) is 7.58. The topological polar surface area (TPSA) is 24.5 Å². The summed E-state index contributed by atoms with van der Waals surface area (Å²) in [5.74, 6) is 0. The number of piperidine rings is 1. The summed E-state index contributed by atoms with van der Waals surface area (Å²) in [6.07, 6.45) is 8.44. The number of hydrogen-bond acceptors (Lipinski definition) is 3. The number of hydrogen-bond donors (Lipinski definition) is 1. The zero-order chi connectivity index (χ0) is 12.6. The molecule has 0 bridgehead atoms. The highest BCUT2D eigenvalue weighted by atomic mass is 16.5. The molecule has 0 aromatic carbocycles. The average molecular weight is 252 g/mol. The average Bonchev–Trinajstić information content (AvgIpc) is 3.08. The first kappa shape index (κ1) is 12.9. The van der Waals surface area contributed by atoms with Gasteiger partial charge in [-0.15, -0.1) is 0 Å². The summed E-state index contributed by atoms with van der Waals surface area (Å²) in [5.41, 5.74) is 1.24. The van der Waals surface area contributed by atoms with Gasteiger partial charge < -0.3 is 15.0 Å². The lowest BCUT2D eigenvalue weighted by Crippen LogP contribution is -2.53. The number of rotatable bonds is 5. The summed E-state index contributed by atoms with van der Waals surface area (Å²) in [6.45, 7) is 4.90. The molecule has 3 rings (SSSR count). The van der Waals surface area contributed by atoms with E-state index in [0.717, 1.165) is 12.6 Å². The second kappa shape index (κ2) is 4.77. The van der Waals surface area contributed by atoms with Gasteiger partial charge in [0, 0.05) is 25.1 Å². The molecule has 1 saturated heterocycles. The Labute approximate surface area is 111 Å². The van der Waals surface area contributed by atoms with Gasteiger partial charge in [-0.05, 0) is 64.1 Å². The lowest BCUT2D eigenvalue weighted by molar-refractivity contribution is -0.00243. The first-order valence-electron chi connectivity index (χ1n) is 7.58. The molecule has 104 valence electrons. The predicted octanol–water partition coefficient (Wildman–Crippen LogP) is 1.88. The SMILES string of the molecule is CNC1CC2(CCN(CC3(COC)CC3)CC2)C1. The standard InChI is InChI=1S/C15H28N2O/c1-16-13-9-14(10-13)5-7-17(8-6-14)11-15(3-4-15)12-18-2/h13,16H,3-12H2,1-2H3. The molecule has 0 radical (unpaired) electrons. The van der Waals surface area contributed by atoms with E-state index in [4.69, 9.17) is 4.74 Å². The van der Waals surface area contributed by atoms with E-state index >= 15 is 0 Å². The number of methoxy groups -OCH3 is 1. The van der Waals surface area contributed by atoms with E-state index in [2.05, 4.69) is 17.3 Å². The zero-order valence-electron chi connectivity index (χ0n) is 12.0. The molecule has 3 aliphatic rings. The Morgan fingerprint density at radius 1 is 1.17 bits per heavy atom. The van der Waals surface area contributed by atoms with Crippen LogP contribution in [0.3, 0.4) is 0 Å². The van der Waals surface area contributed by atoms with Crippen molar-refractivity contribution in [1.82, 2.24) is 10.2 Å². The molecule has 0 aromatic heterocycles. The van der Waals surface area contributed by atoms with Gasteiger partial charge in [0.15, 0.2) is 0 Å². The molecule has 0 amide bonds. The minimum atomic E-state index is 0.534. The summed E-state index contributed by atoms with van der Waals surface area (Å²) in [4.78, 5) is 2.70. The van der Waals surface area contributed by atoms with Crippen LogP contribution in [0, 0.1) is 10.8 Å². The first-order chi connectivity index (χ1) is 8.69. The molecule has 2 saturated carbocycles. The van der Waals surface area contributed by atoms with Crippen molar-refractivity contribution in [2.24, 2.45) is 10.8 Å². The molecule has 2 aliphatic carbocycles. The number of nitrogens with one attached hydrogen (secondary N) is 1. The van der Waals surface area contributed by atoms with Gasteiger partial charge in [0.1, 0.15) is 0 Å². The van der Waals surface area contributed by atoms with Gasteiger partial charge in [-0.2, -0.15) is 0 Å². The van der Waals surface area contributed by atoms with Crippen molar-refractivity contribution in [1.29, 1.82) is 0 Å². The van der Waals surface area contributed by atoms with Crippen molar-refractivity contribution >= 4 is 0 Å². The third-order valence-electron chi connectivity index (χ3n) is 5.65. The Morgan fingerprint density at radius 3 is 2.33 bits per heavy atom. The van der Waals surface area contributed by atoms with Crippen molar-refractivity contribution in [2.45, 2.75) is 44.6 Å². The molecule has 1 heterocycles. The van der Waals surface area contributed by atoms with Crippen LogP contribution in [0.5, 0.6) is 0 Å². The summed E-state index contributed by atoms with van der Waals surface area (Å²) in [6, 6.07) is 0.805. The normalized spacial score (nSPS) is 30.3. The molecule has 1 N–H and O–H groups in total. The van der Waals surface area contributed by atoms with Gasteiger partial charge >= 0.3 is 0 Å². The Morgan fingerprint density at radius 2 is 1.83 bits per heavy atom. The van der Waals surface area contributed by atoms with Gasteiger partial charge in [0.25, 0.3) is 0 Å². The van der Waals surface area contributed by atoms with Crippen LogP contribution >= 0.6 is 0 Å². The van der Waals surface area contributed by atoms with Crippen LogP contribution in [0.1, 0.15) is 38.5 Å². The summed E-state index contributed by atoms with van der Waals surface area (Å²) >= 11 is 0. The van der Waals surface area contributed by atoms with Crippen molar-refractivity contribution in [3.05, 3.63) is 0 Å². The highest BCUT2D eigenvalue weighted by Gasteiger charge is 2.48. The van der Waals surface area contributed by atoms with Crippen LogP contribution in [-0.2, 0) is 4.74 Å². The highest BCUT2D eigenvalue weighted by Crippen LogP contribution is 2.51. The maximum Gasteiger partial charge on any atom is 0.0530 e. The van der Waals surface area contributed by atoms with E-state index in [1.807, 2.05) is 7.11 Å². The Balaban J connectivity index is 1.44. The Bertz CT molecular complexity index is 285. The third kappa shape index (κ3) is 2.45. The van der Waals surface area contributed by atoms with Crippen LogP contribution in [0.15, 0.2) is 0 Å². The molecular formula is C15H28N2O. The number of nitrogens with zero attached hydrogens (tertiary/aromatic N) is 1. The molecule has 18 heavy (non-hydrogen) atoms. The van der Waals surface area contributed by atoms with Crippen molar-refractivity contribution < 1.29 is 4.74 Å². The minimum Gasteiger partial charge on any atom is -0.384 e. The number of likely N-dealkylation sites (tertiary alicyclic amines) is 1. The summed E-state index contributed by atoms with van der Waals surface area (Å²) < 4.78 is 5.38. The van der Waals surface area contributed by atoms with Crippen LogP contribution in [0.4, 0.5) is 0 Å². The second-order valence-corrected chi connectivity index (χ2v) is 7.10. The molecule has 3 nitrogen and oxygen atoms in total. The lowest BCUT2D eigenvalue weighted by Gasteiger charge is -2.52. The minimum absolute atomic E-state index is 0.534. The largest absolute Gasteiger partial charge is 0.384 e. The van der Waals surface area contributed by atoms with Gasteiger partial charge in [0.05, 0.1) is 6.61 Å². The quantitative estimate of drug-likeness (QED) is 0.808. The molecule has 3 heteroatoms. The molecule has 0 aromatic rings. The monoisotopic (exact) mass is 252 g/mol. The van der Waals surface area contributed by atoms with Crippen LogP contribution < -0.4 is 5.32 Å². The highest BCUT2D eigenvalue weighted by molar-refractivity contribution is 5.02. The summed E-state index contributed by atoms with van der Waals surface area (Å²) in [7, 11) is 3.95. The van der Waals surface area contributed by atoms with Crippen LogP contribution in [0.2, 0.25) is 0 Å². The maximum atomic E-state index is 5.38. The van der Waals surface area contributed by atoms with E-state index in [9.17, 15) is 0 Å². The fourth-order valence-corrected chi connectivity index (χ4v) is 4.09. The van der Waals surface area contributed by atoms with Crippen LogP contribution in [0.25, 0.3) is 0 Å². The van der Waals surface area contributed by atoms with E-state index in [0.29, 0.717) is 10.8 Å². The molecular weight excluding hydrogens is 224 g/mol. The summed E-state index contributed by atoms with van der Waals surface area (Å²) in [5, 5.41) is 3.42. The third-order valence-corrected chi connectivity index (χ3v) is 5.65. The second-order valence-electron chi connectivity index (χ2n) is 7.10. The number of ether oxygens (including phenoxy) is 1. The fraction of sp³-hybridized carbons (Fsp3) is 1.00. The molecule has 1 spiro atoms. The molecule has 3 fully saturated rings. The van der Waals surface area contributed by atoms with E-state index in [1.165, 1.54) is 58.2 Å². The van der Waals surface area contributed by atoms with Crippen LogP contribution in [-0.4, -0.2) is 51.3 Å². The van der Waals surface area contributed by atoms with Gasteiger partial charge in [0.2, 0.25) is 0 Å². The van der Waals surface area contributed by atoms with Gasteiger partial charge in [-0.3, -0.25) is 0 Å². The maximum absolute atomic E-state index is 5.38. The molecule has 0 unspecified atom stereocenters. The van der Waals surface area contributed by atoms with E-state index in [-0.39, 0.29) is 0 Å². The van der Waals surface area contributed by atoms with E-state index in [1.54, 1.807) is 0 Å². The molecule has 0 atom stereocenters. The predicted molar refractivity (Wildman–Crippen MR) is 73.7 cm³/mol. The van der Waals surface area contributed by atoms with Gasteiger partial charge in [-0.25, -0.2) is 0 Å². The fourth-order valence-electron chi connectivity index (χ4n) is 4.09. The smallest absolute Gasteiger partial charge is 0.0530 e. The van der Waals surface area contributed by atoms with Crippen molar-refractivity contribution in [3.8, 4) is 0 Å². The lowest BCUT2D eigenvalue weighted by atomic mass is 9.60. The van der Waals surface area contributed by atoms with E-state index < -0.39 is 0 Å². The van der Waals surface area contributed by atoms with Gasteiger partial charge in [-0.1, -0.05) is 0 Å². The molecule has 1 aliphatic heterocycles. The van der Waals surface area contributed by atoms with Crippen molar-refractivity contribution in [3.63, 3.8) is 0 Å². The Kier molecular flexibility index (Phi) is 3.41. The zero-order valence-corrected chi connectivity index (χ0v) is 12.0.